The summed E-state index contributed by atoms with van der Waals surface area (Å²) in [5.41, 5.74) is 5.20. The Labute approximate surface area is 103 Å². The molecule has 0 aromatic rings. The van der Waals surface area contributed by atoms with E-state index in [4.69, 9.17) is 5.73 Å². The molecule has 0 unspecified atom stereocenters. The number of hydrogen-bond donors (Lipinski definition) is 3. The van der Waals surface area contributed by atoms with Gasteiger partial charge in [-0.2, -0.15) is 0 Å². The largest absolute Gasteiger partial charge is 0.388 e. The minimum atomic E-state index is -0.660. The maximum atomic E-state index is 11.8. The first-order valence-electron chi connectivity index (χ1n) is 6.79. The van der Waals surface area contributed by atoms with E-state index in [0.717, 1.165) is 51.4 Å². The minimum Gasteiger partial charge on any atom is -0.388 e. The molecule has 0 radical (unpaired) electrons. The molecule has 2 saturated carbocycles. The lowest BCUT2D eigenvalue weighted by Crippen LogP contribution is -2.46. The van der Waals surface area contributed by atoms with E-state index in [2.05, 4.69) is 5.32 Å². The Kier molecular flexibility index (Phi) is 3.73. The molecule has 2 aliphatic carbocycles. The molecule has 0 aliphatic heterocycles. The SMILES string of the molecule is NC1(CC(=O)NCC2(O)CCCC2)CCCC1. The van der Waals surface area contributed by atoms with Gasteiger partial charge in [0, 0.05) is 18.5 Å². The second-order valence-corrected chi connectivity index (χ2v) is 5.95. The summed E-state index contributed by atoms with van der Waals surface area (Å²) in [5, 5.41) is 13.0. The highest BCUT2D eigenvalue weighted by molar-refractivity contribution is 5.77. The summed E-state index contributed by atoms with van der Waals surface area (Å²) in [6.07, 6.45) is 8.31. The van der Waals surface area contributed by atoms with Crippen molar-refractivity contribution in [3.8, 4) is 0 Å². The summed E-state index contributed by atoms with van der Waals surface area (Å²) in [7, 11) is 0. The van der Waals surface area contributed by atoms with Gasteiger partial charge in [-0.05, 0) is 25.7 Å². The van der Waals surface area contributed by atoms with Crippen molar-refractivity contribution in [2.75, 3.05) is 6.54 Å². The van der Waals surface area contributed by atoms with Crippen molar-refractivity contribution in [1.82, 2.24) is 5.32 Å². The van der Waals surface area contributed by atoms with Crippen molar-refractivity contribution in [3.05, 3.63) is 0 Å². The molecule has 0 spiro atoms. The third-order valence-corrected chi connectivity index (χ3v) is 4.26. The number of nitrogens with two attached hydrogens (primary N) is 1. The molecule has 0 atom stereocenters. The van der Waals surface area contributed by atoms with Crippen LogP contribution in [0.15, 0.2) is 0 Å². The second-order valence-electron chi connectivity index (χ2n) is 5.95. The van der Waals surface area contributed by atoms with Gasteiger partial charge in [-0.25, -0.2) is 0 Å². The van der Waals surface area contributed by atoms with Crippen LogP contribution >= 0.6 is 0 Å². The molecule has 0 bridgehead atoms. The molecule has 17 heavy (non-hydrogen) atoms. The minimum absolute atomic E-state index is 0.00488. The lowest BCUT2D eigenvalue weighted by molar-refractivity contribution is -0.123. The Hall–Kier alpha value is -0.610. The van der Waals surface area contributed by atoms with Crippen LogP contribution in [-0.2, 0) is 4.79 Å². The highest BCUT2D eigenvalue weighted by Gasteiger charge is 2.34. The number of hydrogen-bond acceptors (Lipinski definition) is 3. The van der Waals surface area contributed by atoms with Crippen LogP contribution in [0.3, 0.4) is 0 Å². The fraction of sp³-hybridized carbons (Fsp3) is 0.923. The summed E-state index contributed by atoms with van der Waals surface area (Å²) in [6.45, 7) is 0.391. The predicted octanol–water partition coefficient (Wildman–Crippen LogP) is 1.07. The fourth-order valence-corrected chi connectivity index (χ4v) is 3.11. The highest BCUT2D eigenvalue weighted by atomic mass is 16.3. The molecule has 1 amide bonds. The molecular formula is C13H24N2O2. The average molecular weight is 240 g/mol. The van der Waals surface area contributed by atoms with E-state index in [9.17, 15) is 9.90 Å². The van der Waals surface area contributed by atoms with E-state index in [-0.39, 0.29) is 11.4 Å². The van der Waals surface area contributed by atoms with Crippen molar-refractivity contribution >= 4 is 5.91 Å². The van der Waals surface area contributed by atoms with Gasteiger partial charge in [-0.1, -0.05) is 25.7 Å². The smallest absolute Gasteiger partial charge is 0.221 e. The monoisotopic (exact) mass is 240 g/mol. The van der Waals surface area contributed by atoms with Crippen LogP contribution in [0, 0.1) is 0 Å². The second kappa shape index (κ2) is 4.94. The number of nitrogens with one attached hydrogen (secondary N) is 1. The van der Waals surface area contributed by atoms with Crippen LogP contribution in [0.25, 0.3) is 0 Å². The summed E-state index contributed by atoms with van der Waals surface area (Å²) < 4.78 is 0. The molecule has 2 rings (SSSR count). The molecule has 4 N–H and O–H groups in total. The first kappa shape index (κ1) is 12.8. The first-order chi connectivity index (χ1) is 8.02. The summed E-state index contributed by atoms with van der Waals surface area (Å²) in [4.78, 5) is 11.8. The van der Waals surface area contributed by atoms with Gasteiger partial charge in [0.2, 0.25) is 5.91 Å². The molecule has 0 aromatic heterocycles. The molecule has 0 heterocycles. The Morgan fingerprint density at radius 3 is 2.24 bits per heavy atom. The Morgan fingerprint density at radius 1 is 1.12 bits per heavy atom. The predicted molar refractivity (Wildman–Crippen MR) is 66.4 cm³/mol. The molecule has 0 saturated heterocycles. The summed E-state index contributed by atoms with van der Waals surface area (Å²) >= 11 is 0. The van der Waals surface area contributed by atoms with E-state index < -0.39 is 5.60 Å². The number of carbonyl (C=O) groups is 1. The molecule has 4 heteroatoms. The third kappa shape index (κ3) is 3.42. The van der Waals surface area contributed by atoms with Crippen LogP contribution in [0.5, 0.6) is 0 Å². The normalized spacial score (nSPS) is 26.0. The van der Waals surface area contributed by atoms with Crippen LogP contribution in [0.1, 0.15) is 57.8 Å². The standard InChI is InChI=1S/C13H24N2O2/c14-12(5-1-2-6-12)9-11(16)15-10-13(17)7-3-4-8-13/h17H,1-10,14H2,(H,15,16). The highest BCUT2D eigenvalue weighted by Crippen LogP contribution is 2.31. The van der Waals surface area contributed by atoms with Crippen molar-refractivity contribution in [2.24, 2.45) is 5.73 Å². The zero-order valence-corrected chi connectivity index (χ0v) is 10.5. The summed E-state index contributed by atoms with van der Waals surface area (Å²) in [5.74, 6) is -0.00488. The van der Waals surface area contributed by atoms with Gasteiger partial charge in [0.15, 0.2) is 0 Å². The summed E-state index contributed by atoms with van der Waals surface area (Å²) in [6, 6.07) is 0. The van der Waals surface area contributed by atoms with Crippen LogP contribution in [-0.4, -0.2) is 28.7 Å². The number of carbonyl (C=O) groups excluding carboxylic acids is 1. The van der Waals surface area contributed by atoms with Crippen molar-refractivity contribution < 1.29 is 9.90 Å². The topological polar surface area (TPSA) is 75.4 Å². The fourth-order valence-electron chi connectivity index (χ4n) is 3.11. The quantitative estimate of drug-likeness (QED) is 0.688. The maximum Gasteiger partial charge on any atom is 0.221 e. The van der Waals surface area contributed by atoms with E-state index in [0.29, 0.717) is 13.0 Å². The van der Waals surface area contributed by atoms with Crippen molar-refractivity contribution in [2.45, 2.75) is 68.9 Å². The van der Waals surface area contributed by atoms with Crippen molar-refractivity contribution in [1.29, 1.82) is 0 Å². The molecule has 0 aromatic carbocycles. The zero-order chi connectivity index (χ0) is 12.4. The van der Waals surface area contributed by atoms with Gasteiger partial charge < -0.3 is 16.2 Å². The zero-order valence-electron chi connectivity index (χ0n) is 10.5. The van der Waals surface area contributed by atoms with E-state index in [1.54, 1.807) is 0 Å². The Morgan fingerprint density at radius 2 is 1.65 bits per heavy atom. The molecular weight excluding hydrogens is 216 g/mol. The molecule has 98 valence electrons. The van der Waals surface area contributed by atoms with Gasteiger partial charge in [-0.3, -0.25) is 4.79 Å². The van der Waals surface area contributed by atoms with Crippen molar-refractivity contribution in [3.63, 3.8) is 0 Å². The van der Waals surface area contributed by atoms with E-state index in [1.807, 2.05) is 0 Å². The Bertz CT molecular complexity index is 279. The molecule has 2 fully saturated rings. The van der Waals surface area contributed by atoms with Gasteiger partial charge >= 0.3 is 0 Å². The van der Waals surface area contributed by atoms with Gasteiger partial charge in [0.1, 0.15) is 0 Å². The van der Waals surface area contributed by atoms with Crippen LogP contribution in [0.4, 0.5) is 0 Å². The van der Waals surface area contributed by atoms with E-state index in [1.165, 1.54) is 0 Å². The first-order valence-corrected chi connectivity index (χ1v) is 6.79. The van der Waals surface area contributed by atoms with Gasteiger partial charge in [-0.15, -0.1) is 0 Å². The lowest BCUT2D eigenvalue weighted by atomic mass is 9.94. The van der Waals surface area contributed by atoms with Crippen LogP contribution in [0.2, 0.25) is 0 Å². The van der Waals surface area contributed by atoms with Gasteiger partial charge in [0.05, 0.1) is 5.60 Å². The average Bonchev–Trinajstić information content (AvgIpc) is 2.86. The molecule has 4 nitrogen and oxygen atoms in total. The lowest BCUT2D eigenvalue weighted by Gasteiger charge is -2.26. The molecule has 2 aliphatic rings. The number of rotatable bonds is 4. The number of aliphatic hydroxyl groups is 1. The van der Waals surface area contributed by atoms with E-state index >= 15 is 0 Å². The Balaban J connectivity index is 1.74. The van der Waals surface area contributed by atoms with Gasteiger partial charge in [0.25, 0.3) is 0 Å². The maximum absolute atomic E-state index is 11.8. The third-order valence-electron chi connectivity index (χ3n) is 4.26. The number of amides is 1. The van der Waals surface area contributed by atoms with Crippen LogP contribution < -0.4 is 11.1 Å².